The van der Waals surface area contributed by atoms with Crippen molar-refractivity contribution in [2.45, 2.75) is 25.9 Å². The standard InChI is InChI=1S/C22H24N2O4/c1-16(26)21-7-2-17(15-23)14-22(21)28-20-5-3-18(4-6-20)24-10-8-19(9-11-24)27-13-12-25/h2-7,14,19,25H,8-13H2,1H3. The molecule has 1 heterocycles. The van der Waals surface area contributed by atoms with Gasteiger partial charge in [0.2, 0.25) is 0 Å². The molecule has 1 aliphatic heterocycles. The number of rotatable bonds is 7. The van der Waals surface area contributed by atoms with Crippen LogP contribution in [0.5, 0.6) is 11.5 Å². The summed E-state index contributed by atoms with van der Waals surface area (Å²) in [5.74, 6) is 0.894. The summed E-state index contributed by atoms with van der Waals surface area (Å²) in [4.78, 5) is 14.1. The molecule has 146 valence electrons. The number of aliphatic hydroxyl groups is 1. The first-order valence-corrected chi connectivity index (χ1v) is 9.41. The lowest BCUT2D eigenvalue weighted by molar-refractivity contribution is 0.0159. The fourth-order valence-electron chi connectivity index (χ4n) is 3.32. The van der Waals surface area contributed by atoms with Crippen LogP contribution in [0.3, 0.4) is 0 Å². The number of ether oxygens (including phenoxy) is 2. The number of carbonyl (C=O) groups excluding carboxylic acids is 1. The summed E-state index contributed by atoms with van der Waals surface area (Å²) in [7, 11) is 0. The zero-order valence-electron chi connectivity index (χ0n) is 15.9. The average molecular weight is 380 g/mol. The normalized spacial score (nSPS) is 14.5. The Morgan fingerprint density at radius 3 is 2.54 bits per heavy atom. The number of carbonyl (C=O) groups is 1. The lowest BCUT2D eigenvalue weighted by atomic mass is 10.1. The van der Waals surface area contributed by atoms with Gasteiger partial charge in [-0.25, -0.2) is 0 Å². The van der Waals surface area contributed by atoms with Gasteiger partial charge in [-0.15, -0.1) is 0 Å². The van der Waals surface area contributed by atoms with Crippen LogP contribution in [0.15, 0.2) is 42.5 Å². The number of Topliss-reactive ketones (excluding diaryl/α,β-unsaturated/α-hetero) is 1. The third kappa shape index (κ3) is 4.89. The van der Waals surface area contributed by atoms with Gasteiger partial charge in [0, 0.05) is 18.8 Å². The van der Waals surface area contributed by atoms with Gasteiger partial charge in [-0.05, 0) is 62.2 Å². The van der Waals surface area contributed by atoms with Crippen LogP contribution in [-0.4, -0.2) is 43.3 Å². The predicted octanol–water partition coefficient (Wildman–Crippen LogP) is 3.53. The monoisotopic (exact) mass is 380 g/mol. The van der Waals surface area contributed by atoms with E-state index < -0.39 is 0 Å². The topological polar surface area (TPSA) is 82.8 Å². The molecule has 2 aromatic carbocycles. The Labute approximate surface area is 164 Å². The zero-order chi connectivity index (χ0) is 19.9. The van der Waals surface area contributed by atoms with Gasteiger partial charge in [-0.2, -0.15) is 5.26 Å². The SMILES string of the molecule is CC(=O)c1ccc(C#N)cc1Oc1ccc(N2CCC(OCCO)CC2)cc1. The van der Waals surface area contributed by atoms with Crippen molar-refractivity contribution in [2.75, 3.05) is 31.2 Å². The van der Waals surface area contributed by atoms with E-state index >= 15 is 0 Å². The Kier molecular flexibility index (Phi) is 6.64. The minimum Gasteiger partial charge on any atom is -0.457 e. The quantitative estimate of drug-likeness (QED) is 0.740. The Bertz CT molecular complexity index is 850. The molecule has 3 rings (SSSR count). The molecular weight excluding hydrogens is 356 g/mol. The van der Waals surface area contributed by atoms with E-state index in [1.54, 1.807) is 18.2 Å². The molecule has 0 saturated carbocycles. The second kappa shape index (κ2) is 9.36. The smallest absolute Gasteiger partial charge is 0.163 e. The molecule has 1 N–H and O–H groups in total. The Morgan fingerprint density at radius 2 is 1.93 bits per heavy atom. The first kappa shape index (κ1) is 19.9. The van der Waals surface area contributed by atoms with Gasteiger partial charge in [0.05, 0.1) is 36.5 Å². The van der Waals surface area contributed by atoms with Crippen molar-refractivity contribution in [2.24, 2.45) is 0 Å². The molecule has 0 amide bonds. The number of hydrogen-bond acceptors (Lipinski definition) is 6. The number of hydrogen-bond donors (Lipinski definition) is 1. The maximum atomic E-state index is 11.8. The van der Waals surface area contributed by atoms with Crippen molar-refractivity contribution in [1.82, 2.24) is 0 Å². The van der Waals surface area contributed by atoms with E-state index in [1.165, 1.54) is 6.92 Å². The zero-order valence-corrected chi connectivity index (χ0v) is 15.9. The third-order valence-electron chi connectivity index (χ3n) is 4.81. The molecule has 0 aromatic heterocycles. The largest absolute Gasteiger partial charge is 0.457 e. The lowest BCUT2D eigenvalue weighted by Crippen LogP contribution is -2.37. The van der Waals surface area contributed by atoms with Gasteiger partial charge in [-0.1, -0.05) is 0 Å². The van der Waals surface area contributed by atoms with Gasteiger partial charge in [0.15, 0.2) is 5.78 Å². The van der Waals surface area contributed by atoms with Gasteiger partial charge >= 0.3 is 0 Å². The summed E-state index contributed by atoms with van der Waals surface area (Å²) in [5.41, 5.74) is 2.00. The molecule has 0 aliphatic carbocycles. The van der Waals surface area contributed by atoms with Crippen molar-refractivity contribution in [1.29, 1.82) is 5.26 Å². The number of piperidine rings is 1. The molecule has 0 radical (unpaired) electrons. The van der Waals surface area contributed by atoms with E-state index in [0.717, 1.165) is 31.6 Å². The maximum Gasteiger partial charge on any atom is 0.163 e. The molecule has 1 fully saturated rings. The van der Waals surface area contributed by atoms with E-state index in [9.17, 15) is 4.79 Å². The van der Waals surface area contributed by atoms with E-state index in [2.05, 4.69) is 11.0 Å². The van der Waals surface area contributed by atoms with E-state index in [0.29, 0.717) is 29.2 Å². The number of aliphatic hydroxyl groups excluding tert-OH is 1. The van der Waals surface area contributed by atoms with Crippen LogP contribution in [0.4, 0.5) is 5.69 Å². The van der Waals surface area contributed by atoms with Gasteiger partial charge in [-0.3, -0.25) is 4.79 Å². The molecule has 28 heavy (non-hydrogen) atoms. The van der Waals surface area contributed by atoms with Crippen LogP contribution < -0.4 is 9.64 Å². The van der Waals surface area contributed by atoms with Crippen LogP contribution in [0.2, 0.25) is 0 Å². The Morgan fingerprint density at radius 1 is 1.21 bits per heavy atom. The molecule has 1 saturated heterocycles. The average Bonchev–Trinajstić information content (AvgIpc) is 2.73. The van der Waals surface area contributed by atoms with E-state index in [-0.39, 0.29) is 18.5 Å². The first-order chi connectivity index (χ1) is 13.6. The summed E-state index contributed by atoms with van der Waals surface area (Å²) in [6.45, 7) is 3.73. The summed E-state index contributed by atoms with van der Waals surface area (Å²) in [5, 5.41) is 17.9. The highest BCUT2D eigenvalue weighted by molar-refractivity contribution is 5.97. The summed E-state index contributed by atoms with van der Waals surface area (Å²) < 4.78 is 11.5. The molecule has 0 atom stereocenters. The number of anilines is 1. The van der Waals surface area contributed by atoms with Crippen molar-refractivity contribution in [3.63, 3.8) is 0 Å². The second-order valence-electron chi connectivity index (χ2n) is 6.76. The summed E-state index contributed by atoms with van der Waals surface area (Å²) in [6.07, 6.45) is 2.07. The molecule has 0 spiro atoms. The molecule has 0 bridgehead atoms. The van der Waals surface area contributed by atoms with Crippen LogP contribution in [-0.2, 0) is 4.74 Å². The summed E-state index contributed by atoms with van der Waals surface area (Å²) >= 11 is 0. The molecule has 6 nitrogen and oxygen atoms in total. The van der Waals surface area contributed by atoms with E-state index in [4.69, 9.17) is 19.8 Å². The summed E-state index contributed by atoms with van der Waals surface area (Å²) in [6, 6.07) is 14.6. The number of ketones is 1. The predicted molar refractivity (Wildman–Crippen MR) is 106 cm³/mol. The molecule has 6 heteroatoms. The minimum atomic E-state index is -0.109. The minimum absolute atomic E-state index is 0.0598. The molecule has 1 aliphatic rings. The van der Waals surface area contributed by atoms with Crippen molar-refractivity contribution in [3.8, 4) is 17.6 Å². The fourth-order valence-corrected chi connectivity index (χ4v) is 3.32. The van der Waals surface area contributed by atoms with Crippen LogP contribution in [0, 0.1) is 11.3 Å². The fraction of sp³-hybridized carbons (Fsp3) is 0.364. The maximum absolute atomic E-state index is 11.8. The highest BCUT2D eigenvalue weighted by atomic mass is 16.5. The Balaban J connectivity index is 1.66. The van der Waals surface area contributed by atoms with Gasteiger partial charge < -0.3 is 19.5 Å². The lowest BCUT2D eigenvalue weighted by Gasteiger charge is -2.33. The highest BCUT2D eigenvalue weighted by Crippen LogP contribution is 2.29. The van der Waals surface area contributed by atoms with E-state index in [1.807, 2.05) is 24.3 Å². The third-order valence-corrected chi connectivity index (χ3v) is 4.81. The van der Waals surface area contributed by atoms with Crippen LogP contribution in [0.25, 0.3) is 0 Å². The number of nitrogens with zero attached hydrogens (tertiary/aromatic N) is 2. The first-order valence-electron chi connectivity index (χ1n) is 9.41. The van der Waals surface area contributed by atoms with Crippen molar-refractivity contribution in [3.05, 3.63) is 53.6 Å². The van der Waals surface area contributed by atoms with Crippen molar-refractivity contribution >= 4 is 11.5 Å². The second-order valence-corrected chi connectivity index (χ2v) is 6.76. The van der Waals surface area contributed by atoms with Crippen LogP contribution >= 0.6 is 0 Å². The number of benzene rings is 2. The Hall–Kier alpha value is -2.88. The van der Waals surface area contributed by atoms with Crippen molar-refractivity contribution < 1.29 is 19.4 Å². The number of nitriles is 1. The van der Waals surface area contributed by atoms with Gasteiger partial charge in [0.1, 0.15) is 11.5 Å². The highest BCUT2D eigenvalue weighted by Gasteiger charge is 2.20. The molecule has 0 unspecified atom stereocenters. The van der Waals surface area contributed by atoms with Crippen LogP contribution in [0.1, 0.15) is 35.7 Å². The molecular formula is C22H24N2O4. The van der Waals surface area contributed by atoms with Gasteiger partial charge in [0.25, 0.3) is 0 Å². The molecule has 2 aromatic rings.